The first-order chi connectivity index (χ1) is 12.1. The summed E-state index contributed by atoms with van der Waals surface area (Å²) in [6.07, 6.45) is 5.01. The van der Waals surface area contributed by atoms with Crippen molar-refractivity contribution in [1.29, 1.82) is 0 Å². The molecule has 2 N–H and O–H groups in total. The lowest BCUT2D eigenvalue weighted by molar-refractivity contribution is 0.102. The lowest BCUT2D eigenvalue weighted by atomic mass is 10.2. The van der Waals surface area contributed by atoms with Gasteiger partial charge in [-0.05, 0) is 42.0 Å². The molecular weight excluding hydrogens is 359 g/mol. The van der Waals surface area contributed by atoms with Gasteiger partial charge >= 0.3 is 0 Å². The van der Waals surface area contributed by atoms with E-state index in [2.05, 4.69) is 20.6 Å². The van der Waals surface area contributed by atoms with Crippen molar-refractivity contribution in [3.63, 3.8) is 0 Å². The number of halogens is 2. The van der Waals surface area contributed by atoms with Crippen LogP contribution in [0.5, 0.6) is 0 Å². The Morgan fingerprint density at radius 1 is 1.04 bits per heavy atom. The Bertz CT molecular complexity index is 850. The molecule has 0 bridgehead atoms. The standard InChI is InChI=1S/C18H14Cl2N4O/c19-14-6-15(20)8-16(7-14)24-18(25)13-3-4-17(23-11-13)22-10-12-2-1-5-21-9-12/h1-9,11H,10H2,(H,22,23)(H,24,25). The van der Waals surface area contributed by atoms with Gasteiger partial charge in [-0.25, -0.2) is 4.98 Å². The maximum Gasteiger partial charge on any atom is 0.257 e. The molecule has 0 aliphatic rings. The van der Waals surface area contributed by atoms with Crippen LogP contribution in [0.15, 0.2) is 61.1 Å². The fraction of sp³-hybridized carbons (Fsp3) is 0.0556. The normalized spacial score (nSPS) is 10.3. The Hall–Kier alpha value is -2.63. The molecule has 2 aromatic heterocycles. The number of carbonyl (C=O) groups is 1. The highest BCUT2D eigenvalue weighted by molar-refractivity contribution is 6.35. The van der Waals surface area contributed by atoms with E-state index in [4.69, 9.17) is 23.2 Å². The summed E-state index contributed by atoms with van der Waals surface area (Å²) in [6.45, 7) is 0.605. The van der Waals surface area contributed by atoms with Gasteiger partial charge in [0.05, 0.1) is 5.56 Å². The van der Waals surface area contributed by atoms with E-state index in [0.717, 1.165) is 5.56 Å². The Kier molecular flexibility index (Phi) is 5.48. The summed E-state index contributed by atoms with van der Waals surface area (Å²) in [4.78, 5) is 20.6. The van der Waals surface area contributed by atoms with E-state index in [0.29, 0.717) is 33.7 Å². The first-order valence-corrected chi connectivity index (χ1v) is 8.22. The zero-order chi connectivity index (χ0) is 17.6. The number of anilines is 2. The van der Waals surface area contributed by atoms with Gasteiger partial charge in [0.15, 0.2) is 0 Å². The van der Waals surface area contributed by atoms with Gasteiger partial charge < -0.3 is 10.6 Å². The molecule has 1 aromatic carbocycles. The number of nitrogens with zero attached hydrogens (tertiary/aromatic N) is 2. The molecule has 7 heteroatoms. The molecule has 126 valence electrons. The van der Waals surface area contributed by atoms with Crippen molar-refractivity contribution in [2.24, 2.45) is 0 Å². The van der Waals surface area contributed by atoms with Gasteiger partial charge in [0, 0.05) is 40.9 Å². The summed E-state index contributed by atoms with van der Waals surface area (Å²) in [6, 6.07) is 12.1. The van der Waals surface area contributed by atoms with Gasteiger partial charge in [0.25, 0.3) is 5.91 Å². The molecule has 0 aliphatic heterocycles. The van der Waals surface area contributed by atoms with E-state index in [1.165, 1.54) is 6.20 Å². The maximum atomic E-state index is 12.3. The Labute approximate surface area is 155 Å². The molecule has 5 nitrogen and oxygen atoms in total. The number of nitrogens with one attached hydrogen (secondary N) is 2. The molecule has 25 heavy (non-hydrogen) atoms. The molecule has 0 saturated carbocycles. The minimum absolute atomic E-state index is 0.287. The third kappa shape index (κ3) is 4.92. The quantitative estimate of drug-likeness (QED) is 0.683. The minimum atomic E-state index is -0.287. The summed E-state index contributed by atoms with van der Waals surface area (Å²) in [7, 11) is 0. The first kappa shape index (κ1) is 17.2. The number of amides is 1. The number of hydrogen-bond donors (Lipinski definition) is 2. The molecule has 0 radical (unpaired) electrons. The summed E-state index contributed by atoms with van der Waals surface area (Å²) in [5.41, 5.74) is 2.01. The van der Waals surface area contributed by atoms with Gasteiger partial charge in [-0.2, -0.15) is 0 Å². The molecule has 0 saturated heterocycles. The topological polar surface area (TPSA) is 66.9 Å². The van der Waals surface area contributed by atoms with Crippen molar-refractivity contribution in [1.82, 2.24) is 9.97 Å². The van der Waals surface area contributed by atoms with Crippen LogP contribution in [-0.4, -0.2) is 15.9 Å². The first-order valence-electron chi connectivity index (χ1n) is 7.46. The Morgan fingerprint density at radius 3 is 2.48 bits per heavy atom. The summed E-state index contributed by atoms with van der Waals surface area (Å²) >= 11 is 11.8. The molecular formula is C18H14Cl2N4O. The van der Waals surface area contributed by atoms with Crippen molar-refractivity contribution in [2.75, 3.05) is 10.6 Å². The van der Waals surface area contributed by atoms with Crippen LogP contribution < -0.4 is 10.6 Å². The highest BCUT2D eigenvalue weighted by atomic mass is 35.5. The Balaban J connectivity index is 1.62. The largest absolute Gasteiger partial charge is 0.366 e. The lowest BCUT2D eigenvalue weighted by Gasteiger charge is -2.08. The van der Waals surface area contributed by atoms with Gasteiger partial charge in [0.2, 0.25) is 0 Å². The summed E-state index contributed by atoms with van der Waals surface area (Å²) in [5.74, 6) is 0.385. The van der Waals surface area contributed by atoms with Crippen LogP contribution in [0.2, 0.25) is 10.0 Å². The second kappa shape index (κ2) is 7.96. The summed E-state index contributed by atoms with van der Waals surface area (Å²) in [5, 5.41) is 6.82. The molecule has 1 amide bonds. The van der Waals surface area contributed by atoms with E-state index in [9.17, 15) is 4.79 Å². The molecule has 0 unspecified atom stereocenters. The molecule has 3 aromatic rings. The average Bonchev–Trinajstić information content (AvgIpc) is 2.60. The number of aromatic nitrogens is 2. The SMILES string of the molecule is O=C(Nc1cc(Cl)cc(Cl)c1)c1ccc(NCc2cccnc2)nc1. The van der Waals surface area contributed by atoms with Crippen LogP contribution in [0.1, 0.15) is 15.9 Å². The minimum Gasteiger partial charge on any atom is -0.366 e. The zero-order valence-corrected chi connectivity index (χ0v) is 14.6. The number of carbonyl (C=O) groups excluding carboxylic acids is 1. The smallest absolute Gasteiger partial charge is 0.257 e. The molecule has 0 aliphatic carbocycles. The van der Waals surface area contributed by atoms with Crippen LogP contribution in [0.3, 0.4) is 0 Å². The van der Waals surface area contributed by atoms with E-state index >= 15 is 0 Å². The number of pyridine rings is 2. The van der Waals surface area contributed by atoms with Crippen LogP contribution in [0.25, 0.3) is 0 Å². The van der Waals surface area contributed by atoms with Crippen molar-refractivity contribution in [3.05, 3.63) is 82.2 Å². The fourth-order valence-electron chi connectivity index (χ4n) is 2.16. The van der Waals surface area contributed by atoms with E-state index in [1.54, 1.807) is 42.7 Å². The average molecular weight is 373 g/mol. The van der Waals surface area contributed by atoms with Crippen LogP contribution >= 0.6 is 23.2 Å². The molecule has 3 rings (SSSR count). The lowest BCUT2D eigenvalue weighted by Crippen LogP contribution is -2.12. The van der Waals surface area contributed by atoms with Crippen molar-refractivity contribution in [2.45, 2.75) is 6.54 Å². The Morgan fingerprint density at radius 2 is 1.84 bits per heavy atom. The van der Waals surface area contributed by atoms with E-state index in [-0.39, 0.29) is 5.91 Å². The predicted molar refractivity (Wildman–Crippen MR) is 100 cm³/mol. The van der Waals surface area contributed by atoms with Crippen LogP contribution in [0, 0.1) is 0 Å². The highest BCUT2D eigenvalue weighted by Gasteiger charge is 2.08. The molecule has 0 fully saturated rings. The molecule has 0 atom stereocenters. The van der Waals surface area contributed by atoms with E-state index < -0.39 is 0 Å². The fourth-order valence-corrected chi connectivity index (χ4v) is 2.68. The zero-order valence-electron chi connectivity index (χ0n) is 13.0. The van der Waals surface area contributed by atoms with Gasteiger partial charge in [-0.1, -0.05) is 29.3 Å². The monoisotopic (exact) mass is 372 g/mol. The number of hydrogen-bond acceptors (Lipinski definition) is 4. The second-order valence-corrected chi connectivity index (χ2v) is 6.13. The third-order valence-electron chi connectivity index (χ3n) is 3.34. The van der Waals surface area contributed by atoms with Gasteiger partial charge in [0.1, 0.15) is 5.82 Å². The predicted octanol–water partition coefficient (Wildman–Crippen LogP) is 4.65. The second-order valence-electron chi connectivity index (χ2n) is 5.26. The van der Waals surface area contributed by atoms with E-state index in [1.807, 2.05) is 12.1 Å². The van der Waals surface area contributed by atoms with Gasteiger partial charge in [-0.3, -0.25) is 9.78 Å². The van der Waals surface area contributed by atoms with Crippen LogP contribution in [0.4, 0.5) is 11.5 Å². The molecule has 2 heterocycles. The van der Waals surface area contributed by atoms with Crippen molar-refractivity contribution in [3.8, 4) is 0 Å². The number of benzene rings is 1. The maximum absolute atomic E-state index is 12.3. The van der Waals surface area contributed by atoms with Crippen molar-refractivity contribution >= 4 is 40.6 Å². The summed E-state index contributed by atoms with van der Waals surface area (Å²) < 4.78 is 0. The molecule has 0 spiro atoms. The number of rotatable bonds is 5. The van der Waals surface area contributed by atoms with Crippen LogP contribution in [-0.2, 0) is 6.54 Å². The third-order valence-corrected chi connectivity index (χ3v) is 3.78. The van der Waals surface area contributed by atoms with Crippen molar-refractivity contribution < 1.29 is 4.79 Å². The van der Waals surface area contributed by atoms with Gasteiger partial charge in [-0.15, -0.1) is 0 Å². The highest BCUT2D eigenvalue weighted by Crippen LogP contribution is 2.23.